The predicted octanol–water partition coefficient (Wildman–Crippen LogP) is 3.72. The molecule has 3 nitrogen and oxygen atoms in total. The summed E-state index contributed by atoms with van der Waals surface area (Å²) in [6, 6.07) is 10.2. The maximum atomic E-state index is 5.28. The molecule has 1 aliphatic carbocycles. The molecule has 0 bridgehead atoms. The van der Waals surface area contributed by atoms with Crippen molar-refractivity contribution in [1.82, 2.24) is 10.2 Å². The minimum Gasteiger partial charge on any atom is -0.497 e. The van der Waals surface area contributed by atoms with Crippen LogP contribution >= 0.6 is 11.3 Å². The average molecular weight is 268 g/mol. The van der Waals surface area contributed by atoms with E-state index in [1.165, 1.54) is 21.7 Å². The number of ether oxygens (including phenoxy) is 1. The highest BCUT2D eigenvalue weighted by atomic mass is 32.1. The van der Waals surface area contributed by atoms with Crippen LogP contribution in [0.4, 0.5) is 0 Å². The van der Waals surface area contributed by atoms with Crippen molar-refractivity contribution >= 4 is 11.3 Å². The predicted molar refractivity (Wildman–Crippen MR) is 76.7 cm³/mol. The molecule has 0 unspecified atom stereocenters. The van der Waals surface area contributed by atoms with Crippen molar-refractivity contribution in [3.05, 3.63) is 46.2 Å². The molecule has 1 N–H and O–H groups in total. The number of nitrogens with zero attached hydrogens (tertiary/aromatic N) is 1. The Morgan fingerprint density at radius 1 is 1.32 bits per heavy atom. The van der Waals surface area contributed by atoms with Gasteiger partial charge in [-0.15, -0.1) is 11.3 Å². The Morgan fingerprint density at radius 3 is 3.16 bits per heavy atom. The largest absolute Gasteiger partial charge is 0.497 e. The second-order valence-electron chi connectivity index (χ2n) is 4.59. The molecule has 0 aliphatic heterocycles. The summed E-state index contributed by atoms with van der Waals surface area (Å²) in [5.41, 5.74) is 5.93. The molecule has 2 heterocycles. The third kappa shape index (κ3) is 1.53. The van der Waals surface area contributed by atoms with Gasteiger partial charge in [0.2, 0.25) is 0 Å². The Balaban J connectivity index is 1.85. The zero-order valence-corrected chi connectivity index (χ0v) is 11.3. The van der Waals surface area contributed by atoms with Crippen LogP contribution in [0.5, 0.6) is 5.75 Å². The Labute approximate surface area is 114 Å². The number of hydrogen-bond acceptors (Lipinski definition) is 3. The van der Waals surface area contributed by atoms with Gasteiger partial charge in [-0.25, -0.2) is 0 Å². The van der Waals surface area contributed by atoms with E-state index in [9.17, 15) is 0 Å². The summed E-state index contributed by atoms with van der Waals surface area (Å²) in [7, 11) is 1.69. The van der Waals surface area contributed by atoms with Gasteiger partial charge < -0.3 is 4.74 Å². The highest BCUT2D eigenvalue weighted by molar-refractivity contribution is 7.10. The number of hydrogen-bond donors (Lipinski definition) is 1. The SMILES string of the molecule is COc1cccc(-c2n[nH]c3c2Cc2sccc2-3)c1. The molecular weight excluding hydrogens is 256 g/mol. The molecular formula is C15H12N2OS. The van der Waals surface area contributed by atoms with Gasteiger partial charge in [0, 0.05) is 28.0 Å². The van der Waals surface area contributed by atoms with Crippen LogP contribution in [0, 0.1) is 0 Å². The fourth-order valence-corrected chi connectivity index (χ4v) is 3.52. The van der Waals surface area contributed by atoms with Gasteiger partial charge in [0.25, 0.3) is 0 Å². The van der Waals surface area contributed by atoms with E-state index < -0.39 is 0 Å². The van der Waals surface area contributed by atoms with Crippen LogP contribution in [0.2, 0.25) is 0 Å². The van der Waals surface area contributed by atoms with Crippen molar-refractivity contribution in [2.75, 3.05) is 7.11 Å². The zero-order chi connectivity index (χ0) is 12.8. The molecule has 19 heavy (non-hydrogen) atoms. The second-order valence-corrected chi connectivity index (χ2v) is 5.59. The maximum Gasteiger partial charge on any atom is 0.119 e. The van der Waals surface area contributed by atoms with E-state index in [0.29, 0.717) is 0 Å². The highest BCUT2D eigenvalue weighted by Crippen LogP contribution is 2.42. The molecule has 0 amide bonds. The van der Waals surface area contributed by atoms with E-state index >= 15 is 0 Å². The standard InChI is InChI=1S/C15H12N2OS/c1-18-10-4-2-3-9(7-10)14-12-8-13-11(5-6-19-13)15(12)17-16-14/h2-7H,8H2,1H3,(H,16,17). The Kier molecular flexibility index (Phi) is 2.26. The monoisotopic (exact) mass is 268 g/mol. The van der Waals surface area contributed by atoms with E-state index in [-0.39, 0.29) is 0 Å². The van der Waals surface area contributed by atoms with Crippen LogP contribution in [-0.2, 0) is 6.42 Å². The molecule has 4 rings (SSSR count). The van der Waals surface area contributed by atoms with Crippen molar-refractivity contribution in [1.29, 1.82) is 0 Å². The second kappa shape index (κ2) is 3.96. The summed E-state index contributed by atoms with van der Waals surface area (Å²) in [6.45, 7) is 0. The number of aromatic nitrogens is 2. The number of aromatic amines is 1. The third-order valence-electron chi connectivity index (χ3n) is 3.56. The molecule has 4 heteroatoms. The van der Waals surface area contributed by atoms with E-state index in [1.54, 1.807) is 7.11 Å². The molecule has 1 aliphatic rings. The van der Waals surface area contributed by atoms with E-state index in [2.05, 4.69) is 27.7 Å². The van der Waals surface area contributed by atoms with Crippen LogP contribution in [0.25, 0.3) is 22.5 Å². The summed E-state index contributed by atoms with van der Waals surface area (Å²) in [5, 5.41) is 9.80. The average Bonchev–Trinajstić information content (AvgIpc) is 3.10. The lowest BCUT2D eigenvalue weighted by Crippen LogP contribution is -1.87. The number of benzene rings is 1. The fourth-order valence-electron chi connectivity index (χ4n) is 2.63. The van der Waals surface area contributed by atoms with Crippen LogP contribution in [0.15, 0.2) is 35.7 Å². The summed E-state index contributed by atoms with van der Waals surface area (Å²) in [4.78, 5) is 1.42. The van der Waals surface area contributed by atoms with Gasteiger partial charge in [0.15, 0.2) is 0 Å². The molecule has 0 fully saturated rings. The Morgan fingerprint density at radius 2 is 2.26 bits per heavy atom. The van der Waals surface area contributed by atoms with Gasteiger partial charge >= 0.3 is 0 Å². The minimum absolute atomic E-state index is 0.863. The van der Waals surface area contributed by atoms with Crippen LogP contribution in [0.3, 0.4) is 0 Å². The maximum absolute atomic E-state index is 5.28. The topological polar surface area (TPSA) is 37.9 Å². The quantitative estimate of drug-likeness (QED) is 0.601. The summed E-state index contributed by atoms with van der Waals surface area (Å²) < 4.78 is 5.28. The summed E-state index contributed by atoms with van der Waals surface area (Å²) in [6.07, 6.45) is 0.978. The Bertz CT molecular complexity index is 757. The number of thiophene rings is 1. The zero-order valence-electron chi connectivity index (χ0n) is 10.4. The van der Waals surface area contributed by atoms with E-state index in [0.717, 1.165) is 23.4 Å². The van der Waals surface area contributed by atoms with Crippen LogP contribution < -0.4 is 4.74 Å². The lowest BCUT2D eigenvalue weighted by atomic mass is 10.1. The Hall–Kier alpha value is -2.07. The van der Waals surface area contributed by atoms with E-state index in [1.807, 2.05) is 29.5 Å². The summed E-state index contributed by atoms with van der Waals surface area (Å²) >= 11 is 1.81. The molecule has 2 aromatic heterocycles. The molecule has 0 spiro atoms. The molecule has 0 radical (unpaired) electrons. The van der Waals surface area contributed by atoms with Crippen molar-refractivity contribution < 1.29 is 4.74 Å². The minimum atomic E-state index is 0.863. The van der Waals surface area contributed by atoms with Gasteiger partial charge in [-0.3, -0.25) is 5.10 Å². The van der Waals surface area contributed by atoms with Gasteiger partial charge in [-0.1, -0.05) is 12.1 Å². The number of methoxy groups -OCH3 is 1. The number of rotatable bonds is 2. The number of nitrogens with one attached hydrogen (secondary N) is 1. The number of fused-ring (bicyclic) bond motifs is 3. The molecule has 3 aromatic rings. The molecule has 0 atom stereocenters. The lowest BCUT2D eigenvalue weighted by Gasteiger charge is -2.03. The van der Waals surface area contributed by atoms with Crippen molar-refractivity contribution in [3.63, 3.8) is 0 Å². The fraction of sp³-hybridized carbons (Fsp3) is 0.133. The first-order valence-corrected chi connectivity index (χ1v) is 7.03. The van der Waals surface area contributed by atoms with Gasteiger partial charge in [-0.2, -0.15) is 5.10 Å². The third-order valence-corrected chi connectivity index (χ3v) is 4.48. The van der Waals surface area contributed by atoms with Crippen molar-refractivity contribution in [3.8, 4) is 28.3 Å². The lowest BCUT2D eigenvalue weighted by molar-refractivity contribution is 0.415. The first kappa shape index (κ1) is 10.8. The van der Waals surface area contributed by atoms with Gasteiger partial charge in [0.05, 0.1) is 18.5 Å². The highest BCUT2D eigenvalue weighted by Gasteiger charge is 2.25. The molecule has 0 saturated heterocycles. The molecule has 0 saturated carbocycles. The first-order chi connectivity index (χ1) is 9.36. The first-order valence-electron chi connectivity index (χ1n) is 6.15. The molecule has 1 aromatic carbocycles. The summed E-state index contributed by atoms with van der Waals surface area (Å²) in [5.74, 6) is 0.863. The van der Waals surface area contributed by atoms with Crippen molar-refractivity contribution in [2.24, 2.45) is 0 Å². The van der Waals surface area contributed by atoms with Crippen LogP contribution in [0.1, 0.15) is 10.4 Å². The van der Waals surface area contributed by atoms with Crippen molar-refractivity contribution in [2.45, 2.75) is 6.42 Å². The van der Waals surface area contributed by atoms with E-state index in [4.69, 9.17) is 4.74 Å². The van der Waals surface area contributed by atoms with Gasteiger partial charge in [0.1, 0.15) is 5.75 Å². The smallest absolute Gasteiger partial charge is 0.119 e. The number of H-pyrrole nitrogens is 1. The normalized spacial score (nSPS) is 12.3. The van der Waals surface area contributed by atoms with Gasteiger partial charge in [-0.05, 0) is 23.6 Å². The van der Waals surface area contributed by atoms with Crippen LogP contribution in [-0.4, -0.2) is 17.3 Å². The molecule has 94 valence electrons.